The van der Waals surface area contributed by atoms with Gasteiger partial charge in [-0.1, -0.05) is 0 Å². The highest BCUT2D eigenvalue weighted by atomic mass is 16.5. The molecule has 0 saturated carbocycles. The fourth-order valence-corrected chi connectivity index (χ4v) is 2.76. The van der Waals surface area contributed by atoms with Gasteiger partial charge in [0.25, 0.3) is 0 Å². The molecule has 2 aliphatic rings. The van der Waals surface area contributed by atoms with Gasteiger partial charge in [0.2, 0.25) is 0 Å². The highest BCUT2D eigenvalue weighted by Gasteiger charge is 2.24. The molecule has 0 spiro atoms. The first-order valence-electron chi connectivity index (χ1n) is 6.17. The minimum Gasteiger partial charge on any atom is -0.398 e. The molecule has 0 bridgehead atoms. The molecular weight excluding hydrogens is 214 g/mol. The second-order valence-corrected chi connectivity index (χ2v) is 4.90. The Morgan fingerprint density at radius 3 is 2.59 bits per heavy atom. The third kappa shape index (κ3) is 1.87. The molecule has 1 saturated heterocycles. The molecular formula is C13H19N3O. The Morgan fingerprint density at radius 2 is 1.82 bits per heavy atom. The Labute approximate surface area is 102 Å². The molecule has 0 atom stereocenters. The lowest BCUT2D eigenvalue weighted by molar-refractivity contribution is 0.122. The molecule has 0 unspecified atom stereocenters. The van der Waals surface area contributed by atoms with Crippen LogP contribution in [0.2, 0.25) is 0 Å². The van der Waals surface area contributed by atoms with E-state index in [-0.39, 0.29) is 0 Å². The average Bonchev–Trinajstić information content (AvgIpc) is 2.73. The van der Waals surface area contributed by atoms with Crippen molar-refractivity contribution in [2.45, 2.75) is 13.1 Å². The molecule has 2 N–H and O–H groups in total. The Morgan fingerprint density at radius 1 is 1.12 bits per heavy atom. The van der Waals surface area contributed by atoms with Crippen LogP contribution in [0.5, 0.6) is 0 Å². The van der Waals surface area contributed by atoms with E-state index in [1.165, 1.54) is 16.8 Å². The molecule has 0 aliphatic carbocycles. The summed E-state index contributed by atoms with van der Waals surface area (Å²) in [6.45, 7) is 5.61. The number of nitrogens with zero attached hydrogens (tertiary/aromatic N) is 2. The zero-order valence-corrected chi connectivity index (χ0v) is 10.3. The van der Waals surface area contributed by atoms with Crippen LogP contribution in [0, 0.1) is 0 Å². The predicted octanol–water partition coefficient (Wildman–Crippen LogP) is 1.05. The zero-order chi connectivity index (χ0) is 11.8. The minimum atomic E-state index is 0.828. The Kier molecular flexibility index (Phi) is 2.68. The van der Waals surface area contributed by atoms with Gasteiger partial charge in [0, 0.05) is 37.6 Å². The Bertz CT molecular complexity index is 427. The molecule has 17 heavy (non-hydrogen) atoms. The van der Waals surface area contributed by atoms with Crippen LogP contribution in [-0.4, -0.2) is 38.3 Å². The first kappa shape index (κ1) is 10.9. The summed E-state index contributed by atoms with van der Waals surface area (Å²) in [7, 11) is 2.14. The lowest BCUT2D eigenvalue weighted by Gasteiger charge is -2.30. The molecule has 92 valence electrons. The van der Waals surface area contributed by atoms with E-state index in [1.54, 1.807) is 0 Å². The molecule has 1 aromatic carbocycles. The van der Waals surface area contributed by atoms with Crippen LogP contribution < -0.4 is 10.6 Å². The summed E-state index contributed by atoms with van der Waals surface area (Å²) in [4.78, 5) is 4.73. The van der Waals surface area contributed by atoms with Gasteiger partial charge < -0.3 is 15.4 Å². The van der Waals surface area contributed by atoms with E-state index in [0.717, 1.165) is 45.1 Å². The summed E-state index contributed by atoms with van der Waals surface area (Å²) in [5.41, 5.74) is 11.1. The Hall–Kier alpha value is -1.26. The molecule has 1 fully saturated rings. The summed E-state index contributed by atoms with van der Waals surface area (Å²) in [6.07, 6.45) is 0. The van der Waals surface area contributed by atoms with E-state index in [0.29, 0.717) is 0 Å². The van der Waals surface area contributed by atoms with Crippen LogP contribution >= 0.6 is 0 Å². The number of anilines is 2. The molecule has 4 heteroatoms. The van der Waals surface area contributed by atoms with E-state index < -0.39 is 0 Å². The molecule has 3 rings (SSSR count). The predicted molar refractivity (Wildman–Crippen MR) is 69.1 cm³/mol. The number of nitrogens with two attached hydrogens (primary N) is 1. The summed E-state index contributed by atoms with van der Waals surface area (Å²) in [6, 6.07) is 4.21. The second kappa shape index (κ2) is 4.20. The van der Waals surface area contributed by atoms with Crippen molar-refractivity contribution >= 4 is 11.4 Å². The topological polar surface area (TPSA) is 41.7 Å². The smallest absolute Gasteiger partial charge is 0.0642 e. The van der Waals surface area contributed by atoms with Crippen LogP contribution in [-0.2, 0) is 17.8 Å². The summed E-state index contributed by atoms with van der Waals surface area (Å²) >= 11 is 0. The van der Waals surface area contributed by atoms with Crippen molar-refractivity contribution in [1.82, 2.24) is 4.90 Å². The van der Waals surface area contributed by atoms with Crippen LogP contribution in [0.25, 0.3) is 0 Å². The zero-order valence-electron chi connectivity index (χ0n) is 10.3. The number of nitrogen functional groups attached to an aromatic ring is 1. The highest BCUT2D eigenvalue weighted by Crippen LogP contribution is 2.34. The van der Waals surface area contributed by atoms with Gasteiger partial charge >= 0.3 is 0 Å². The van der Waals surface area contributed by atoms with E-state index in [1.807, 2.05) is 6.07 Å². The second-order valence-electron chi connectivity index (χ2n) is 4.90. The molecule has 0 amide bonds. The normalized spacial score (nSPS) is 20.6. The van der Waals surface area contributed by atoms with Crippen molar-refractivity contribution in [3.63, 3.8) is 0 Å². The summed E-state index contributed by atoms with van der Waals surface area (Å²) in [5.74, 6) is 0. The maximum absolute atomic E-state index is 6.06. The first-order chi connectivity index (χ1) is 8.25. The summed E-state index contributed by atoms with van der Waals surface area (Å²) in [5, 5.41) is 0. The standard InChI is InChI=1S/C13H19N3O/c1-15-8-10-11(9-15)13(3-2-12(10)14)16-4-6-17-7-5-16/h2-3H,4-9,14H2,1H3. The van der Waals surface area contributed by atoms with Gasteiger partial charge in [0.05, 0.1) is 13.2 Å². The van der Waals surface area contributed by atoms with Gasteiger partial charge in [-0.3, -0.25) is 4.90 Å². The van der Waals surface area contributed by atoms with E-state index >= 15 is 0 Å². The van der Waals surface area contributed by atoms with Crippen molar-refractivity contribution < 1.29 is 4.74 Å². The van der Waals surface area contributed by atoms with Crippen LogP contribution in [0.3, 0.4) is 0 Å². The number of hydrogen-bond donors (Lipinski definition) is 1. The van der Waals surface area contributed by atoms with Gasteiger partial charge in [0.15, 0.2) is 0 Å². The van der Waals surface area contributed by atoms with Crippen molar-refractivity contribution in [2.75, 3.05) is 44.0 Å². The molecule has 0 aromatic heterocycles. The number of hydrogen-bond acceptors (Lipinski definition) is 4. The van der Waals surface area contributed by atoms with E-state index in [2.05, 4.69) is 22.9 Å². The fourth-order valence-electron chi connectivity index (χ4n) is 2.76. The molecule has 4 nitrogen and oxygen atoms in total. The minimum absolute atomic E-state index is 0.828. The monoisotopic (exact) mass is 233 g/mol. The fraction of sp³-hybridized carbons (Fsp3) is 0.538. The van der Waals surface area contributed by atoms with Crippen LogP contribution in [0.1, 0.15) is 11.1 Å². The maximum atomic E-state index is 6.06. The Balaban J connectivity index is 1.98. The van der Waals surface area contributed by atoms with Gasteiger partial charge in [-0.2, -0.15) is 0 Å². The van der Waals surface area contributed by atoms with Crippen molar-refractivity contribution in [3.8, 4) is 0 Å². The number of morpholine rings is 1. The van der Waals surface area contributed by atoms with Crippen molar-refractivity contribution in [2.24, 2.45) is 0 Å². The van der Waals surface area contributed by atoms with Crippen LogP contribution in [0.15, 0.2) is 12.1 Å². The largest absolute Gasteiger partial charge is 0.398 e. The average molecular weight is 233 g/mol. The molecule has 0 radical (unpaired) electrons. The number of ether oxygens (including phenoxy) is 1. The van der Waals surface area contributed by atoms with Crippen molar-refractivity contribution in [1.29, 1.82) is 0 Å². The third-order valence-corrected chi connectivity index (χ3v) is 3.65. The molecule has 2 heterocycles. The summed E-state index contributed by atoms with van der Waals surface area (Å²) < 4.78 is 5.41. The van der Waals surface area contributed by atoms with E-state index in [9.17, 15) is 0 Å². The van der Waals surface area contributed by atoms with Gasteiger partial charge in [-0.25, -0.2) is 0 Å². The maximum Gasteiger partial charge on any atom is 0.0642 e. The molecule has 1 aromatic rings. The van der Waals surface area contributed by atoms with Gasteiger partial charge in [-0.15, -0.1) is 0 Å². The SMILES string of the molecule is CN1Cc2c(N)ccc(N3CCOCC3)c2C1. The van der Waals surface area contributed by atoms with Crippen LogP contribution in [0.4, 0.5) is 11.4 Å². The van der Waals surface area contributed by atoms with Crippen molar-refractivity contribution in [3.05, 3.63) is 23.3 Å². The van der Waals surface area contributed by atoms with Gasteiger partial charge in [0.1, 0.15) is 0 Å². The third-order valence-electron chi connectivity index (χ3n) is 3.65. The molecule has 2 aliphatic heterocycles. The number of fused-ring (bicyclic) bond motifs is 1. The quantitative estimate of drug-likeness (QED) is 0.736. The number of benzene rings is 1. The number of rotatable bonds is 1. The lowest BCUT2D eigenvalue weighted by atomic mass is 10.0. The lowest BCUT2D eigenvalue weighted by Crippen LogP contribution is -2.36. The highest BCUT2D eigenvalue weighted by molar-refractivity contribution is 5.66. The first-order valence-corrected chi connectivity index (χ1v) is 6.17. The van der Waals surface area contributed by atoms with Gasteiger partial charge in [-0.05, 0) is 30.3 Å². The van der Waals surface area contributed by atoms with E-state index in [4.69, 9.17) is 10.5 Å².